The molecule has 22 heavy (non-hydrogen) atoms. The van der Waals surface area contributed by atoms with Gasteiger partial charge in [-0.3, -0.25) is 0 Å². The number of nitrogens with one attached hydrogen (secondary N) is 1. The summed E-state index contributed by atoms with van der Waals surface area (Å²) in [6, 6.07) is 2.75. The Hall–Kier alpha value is -1.39. The highest BCUT2D eigenvalue weighted by atomic mass is 32.2. The van der Waals surface area contributed by atoms with Crippen molar-refractivity contribution in [3.63, 3.8) is 0 Å². The number of hydrogen-bond acceptors (Lipinski definition) is 4. The highest BCUT2D eigenvalue weighted by Crippen LogP contribution is 2.17. The van der Waals surface area contributed by atoms with Crippen LogP contribution in [0.15, 0.2) is 18.3 Å². The Morgan fingerprint density at radius 1 is 1.32 bits per heavy atom. The fourth-order valence-electron chi connectivity index (χ4n) is 1.62. The lowest BCUT2D eigenvalue weighted by Crippen LogP contribution is -2.40. The Morgan fingerprint density at radius 2 is 1.95 bits per heavy atom. The maximum Gasteiger partial charge on any atom is 0.422 e. The standard InChI is InChI=1S/C12H18F3N3O3S/c1-3-18(4-2)22(19,20)17-8-10-5-6-16-11(7-10)21-9-12(13,14)15/h5-7,17H,3-4,8-9H2,1-2H3. The number of hydrogen-bond donors (Lipinski definition) is 1. The molecule has 0 unspecified atom stereocenters. The maximum absolute atomic E-state index is 12.1. The summed E-state index contributed by atoms with van der Waals surface area (Å²) in [5.74, 6) is -0.211. The first-order valence-corrected chi connectivity index (χ1v) is 8.01. The van der Waals surface area contributed by atoms with E-state index in [0.717, 1.165) is 0 Å². The molecular weight excluding hydrogens is 323 g/mol. The number of halogens is 3. The molecule has 0 aromatic carbocycles. The van der Waals surface area contributed by atoms with Gasteiger partial charge in [-0.05, 0) is 11.6 Å². The molecule has 6 nitrogen and oxygen atoms in total. The molecule has 0 aliphatic heterocycles. The highest BCUT2D eigenvalue weighted by molar-refractivity contribution is 7.87. The number of rotatable bonds is 8. The van der Waals surface area contributed by atoms with Crippen LogP contribution in [0.2, 0.25) is 0 Å². The van der Waals surface area contributed by atoms with Gasteiger partial charge in [0.15, 0.2) is 6.61 Å². The Balaban J connectivity index is 2.67. The molecule has 0 atom stereocenters. The summed E-state index contributed by atoms with van der Waals surface area (Å²) >= 11 is 0. The van der Waals surface area contributed by atoms with Crippen LogP contribution in [0.5, 0.6) is 5.88 Å². The van der Waals surface area contributed by atoms with Gasteiger partial charge in [0.1, 0.15) is 0 Å². The van der Waals surface area contributed by atoms with Crippen LogP contribution in [-0.2, 0) is 16.8 Å². The fourth-order valence-corrected chi connectivity index (χ4v) is 2.84. The van der Waals surface area contributed by atoms with Gasteiger partial charge in [-0.25, -0.2) is 4.98 Å². The molecule has 0 fully saturated rings. The second kappa shape index (κ2) is 7.75. The summed E-state index contributed by atoms with van der Waals surface area (Å²) in [6.45, 7) is 2.54. The lowest BCUT2D eigenvalue weighted by molar-refractivity contribution is -0.154. The smallest absolute Gasteiger partial charge is 0.422 e. The minimum absolute atomic E-state index is 0.0657. The highest BCUT2D eigenvalue weighted by Gasteiger charge is 2.28. The second-order valence-electron chi connectivity index (χ2n) is 4.32. The van der Waals surface area contributed by atoms with Gasteiger partial charge in [0.2, 0.25) is 5.88 Å². The average molecular weight is 341 g/mol. The van der Waals surface area contributed by atoms with Crippen molar-refractivity contribution in [1.82, 2.24) is 14.0 Å². The van der Waals surface area contributed by atoms with Gasteiger partial charge in [0.25, 0.3) is 10.2 Å². The number of alkyl halides is 3. The molecule has 0 spiro atoms. The molecule has 1 aromatic rings. The first-order valence-electron chi connectivity index (χ1n) is 6.57. The van der Waals surface area contributed by atoms with E-state index >= 15 is 0 Å². The third kappa shape index (κ3) is 6.16. The van der Waals surface area contributed by atoms with Gasteiger partial charge in [0, 0.05) is 31.9 Å². The number of nitrogens with zero attached hydrogens (tertiary/aromatic N) is 2. The van der Waals surface area contributed by atoms with Gasteiger partial charge >= 0.3 is 6.18 Å². The Bertz CT molecular complexity index is 574. The topological polar surface area (TPSA) is 71.5 Å². The molecule has 0 amide bonds. The van der Waals surface area contributed by atoms with Crippen LogP contribution in [0.1, 0.15) is 19.4 Å². The zero-order valence-electron chi connectivity index (χ0n) is 12.2. The van der Waals surface area contributed by atoms with Crippen molar-refractivity contribution in [2.45, 2.75) is 26.6 Å². The lowest BCUT2D eigenvalue weighted by atomic mass is 10.3. The fraction of sp³-hybridized carbons (Fsp3) is 0.583. The zero-order valence-corrected chi connectivity index (χ0v) is 13.0. The van der Waals surface area contributed by atoms with E-state index in [4.69, 9.17) is 0 Å². The summed E-state index contributed by atoms with van der Waals surface area (Å²) in [7, 11) is -3.63. The van der Waals surface area contributed by atoms with Gasteiger partial charge in [-0.1, -0.05) is 13.8 Å². The number of aromatic nitrogens is 1. The molecule has 10 heteroatoms. The quantitative estimate of drug-likeness (QED) is 0.781. The monoisotopic (exact) mass is 341 g/mol. The Morgan fingerprint density at radius 3 is 2.50 bits per heavy atom. The van der Waals surface area contributed by atoms with E-state index in [-0.39, 0.29) is 12.4 Å². The molecule has 0 saturated heterocycles. The van der Waals surface area contributed by atoms with Crippen molar-refractivity contribution in [2.75, 3.05) is 19.7 Å². The molecule has 0 saturated carbocycles. The minimum Gasteiger partial charge on any atom is -0.468 e. The molecule has 0 bridgehead atoms. The van der Waals surface area contributed by atoms with Gasteiger partial charge < -0.3 is 4.74 Å². The summed E-state index contributed by atoms with van der Waals surface area (Å²) in [5.41, 5.74) is 0.447. The van der Waals surface area contributed by atoms with Gasteiger partial charge in [-0.2, -0.15) is 30.6 Å². The first-order chi connectivity index (χ1) is 10.2. The van der Waals surface area contributed by atoms with E-state index in [1.807, 2.05) is 0 Å². The van der Waals surface area contributed by atoms with Crippen molar-refractivity contribution in [3.8, 4) is 5.88 Å². The largest absolute Gasteiger partial charge is 0.468 e. The van der Waals surface area contributed by atoms with Crippen molar-refractivity contribution in [1.29, 1.82) is 0 Å². The molecule has 0 radical (unpaired) electrons. The molecule has 0 aliphatic carbocycles. The predicted octanol–water partition coefficient (Wildman–Crippen LogP) is 1.70. The molecule has 1 N–H and O–H groups in total. The van der Waals surface area contributed by atoms with Crippen LogP contribution >= 0.6 is 0 Å². The first kappa shape index (κ1) is 18.7. The van der Waals surface area contributed by atoms with Crippen LogP contribution in [-0.4, -0.2) is 43.6 Å². The number of pyridine rings is 1. The maximum atomic E-state index is 12.1. The van der Waals surface area contributed by atoms with E-state index in [2.05, 4.69) is 14.4 Å². The van der Waals surface area contributed by atoms with E-state index in [1.54, 1.807) is 13.8 Å². The van der Waals surface area contributed by atoms with E-state index in [9.17, 15) is 21.6 Å². The lowest BCUT2D eigenvalue weighted by Gasteiger charge is -2.18. The van der Waals surface area contributed by atoms with Crippen molar-refractivity contribution in [3.05, 3.63) is 23.9 Å². The SMILES string of the molecule is CCN(CC)S(=O)(=O)NCc1ccnc(OCC(F)(F)F)c1. The predicted molar refractivity (Wildman–Crippen MR) is 74.5 cm³/mol. The molecule has 0 aliphatic rings. The van der Waals surface area contributed by atoms with E-state index in [1.165, 1.54) is 22.6 Å². The van der Waals surface area contributed by atoms with Crippen LogP contribution in [0.25, 0.3) is 0 Å². The van der Waals surface area contributed by atoms with Crippen LogP contribution in [0.3, 0.4) is 0 Å². The normalized spacial score (nSPS) is 12.6. The summed E-state index contributed by atoms with van der Waals surface area (Å²) in [6.07, 6.45) is -3.20. The second-order valence-corrected chi connectivity index (χ2v) is 6.07. The average Bonchev–Trinajstić information content (AvgIpc) is 2.44. The third-order valence-corrected chi connectivity index (χ3v) is 4.39. The van der Waals surface area contributed by atoms with Gasteiger partial charge in [-0.15, -0.1) is 0 Å². The summed E-state index contributed by atoms with van der Waals surface area (Å²) in [4.78, 5) is 3.64. The van der Waals surface area contributed by atoms with Crippen LogP contribution < -0.4 is 9.46 Å². The third-order valence-electron chi connectivity index (χ3n) is 2.69. The molecular formula is C12H18F3N3O3S. The molecule has 1 rings (SSSR count). The zero-order chi connectivity index (χ0) is 16.8. The van der Waals surface area contributed by atoms with E-state index < -0.39 is 23.0 Å². The Kier molecular flexibility index (Phi) is 6.57. The molecule has 1 heterocycles. The van der Waals surface area contributed by atoms with Crippen molar-refractivity contribution < 1.29 is 26.3 Å². The van der Waals surface area contributed by atoms with Crippen molar-refractivity contribution in [2.24, 2.45) is 0 Å². The van der Waals surface area contributed by atoms with Crippen LogP contribution in [0.4, 0.5) is 13.2 Å². The van der Waals surface area contributed by atoms with E-state index in [0.29, 0.717) is 18.7 Å². The summed E-state index contributed by atoms with van der Waals surface area (Å²) < 4.78 is 68.2. The van der Waals surface area contributed by atoms with Gasteiger partial charge in [0.05, 0.1) is 0 Å². The van der Waals surface area contributed by atoms with Crippen molar-refractivity contribution >= 4 is 10.2 Å². The molecule has 1 aromatic heterocycles. The Labute approximate surface area is 127 Å². The number of ether oxygens (including phenoxy) is 1. The molecule has 126 valence electrons. The van der Waals surface area contributed by atoms with Crippen LogP contribution in [0, 0.1) is 0 Å². The minimum atomic E-state index is -4.46. The summed E-state index contributed by atoms with van der Waals surface area (Å²) in [5, 5.41) is 0.